The molecule has 0 aliphatic carbocycles. The molecule has 2 rings (SSSR count). The summed E-state index contributed by atoms with van der Waals surface area (Å²) in [5.41, 5.74) is -0.319. The Morgan fingerprint density at radius 1 is 1.13 bits per heavy atom. The maximum atomic E-state index is 12.7. The maximum absolute atomic E-state index is 12.7. The van der Waals surface area contributed by atoms with Gasteiger partial charge in [0.2, 0.25) is 0 Å². The molecule has 0 saturated carbocycles. The van der Waals surface area contributed by atoms with E-state index in [0.717, 1.165) is 12.8 Å². The number of carbonyl (C=O) groups excluding carboxylic acids is 2. The number of aryl methyl sites for hydroxylation is 1. The Balaban J connectivity index is 2.22. The standard InChI is InChI=1S/C21H23N5O4/c1-2-3-14-26-20(28)17-9-5-4-8-16(17)19(24-26)21(29)30-15-18(27)25(12-6-10-22)13-7-11-23/h4-5,8-9H,2-3,6-7,12-15H2,1H3. The van der Waals surface area contributed by atoms with Crippen molar-refractivity contribution >= 4 is 22.6 Å². The lowest BCUT2D eigenvalue weighted by Crippen LogP contribution is -2.36. The highest BCUT2D eigenvalue weighted by Crippen LogP contribution is 2.14. The van der Waals surface area contributed by atoms with Crippen molar-refractivity contribution in [3.05, 3.63) is 40.3 Å². The molecule has 1 aromatic heterocycles. The molecule has 0 aliphatic heterocycles. The summed E-state index contributed by atoms with van der Waals surface area (Å²) in [5.74, 6) is -1.32. The minimum atomic E-state index is -0.815. The van der Waals surface area contributed by atoms with Crippen LogP contribution in [-0.4, -0.2) is 46.3 Å². The summed E-state index contributed by atoms with van der Waals surface area (Å²) in [5, 5.41) is 22.3. The second kappa shape index (κ2) is 11.3. The van der Waals surface area contributed by atoms with E-state index < -0.39 is 18.5 Å². The molecule has 0 bridgehead atoms. The smallest absolute Gasteiger partial charge is 0.359 e. The lowest BCUT2D eigenvalue weighted by atomic mass is 10.1. The predicted octanol–water partition coefficient (Wildman–Crippen LogP) is 2.01. The summed E-state index contributed by atoms with van der Waals surface area (Å²) in [7, 11) is 0. The second-order valence-corrected chi connectivity index (χ2v) is 6.55. The van der Waals surface area contributed by atoms with Gasteiger partial charge in [-0.1, -0.05) is 31.5 Å². The van der Waals surface area contributed by atoms with Crippen LogP contribution in [0.25, 0.3) is 10.8 Å². The van der Waals surface area contributed by atoms with Crippen LogP contribution in [0.15, 0.2) is 29.1 Å². The Morgan fingerprint density at radius 3 is 2.37 bits per heavy atom. The van der Waals surface area contributed by atoms with Crippen molar-refractivity contribution in [2.24, 2.45) is 0 Å². The molecule has 0 radical (unpaired) electrons. The van der Waals surface area contributed by atoms with Gasteiger partial charge in [0.1, 0.15) is 0 Å². The Hall–Kier alpha value is -3.72. The molecule has 2 aromatic rings. The fourth-order valence-electron chi connectivity index (χ4n) is 2.86. The molecule has 9 nitrogen and oxygen atoms in total. The average Bonchev–Trinajstić information content (AvgIpc) is 2.77. The molecule has 9 heteroatoms. The SMILES string of the molecule is CCCCn1nc(C(=O)OCC(=O)N(CCC#N)CCC#N)c2ccccc2c1=O. The van der Waals surface area contributed by atoms with Crippen molar-refractivity contribution in [3.8, 4) is 12.1 Å². The van der Waals surface area contributed by atoms with E-state index in [2.05, 4.69) is 5.10 Å². The number of hydrogen-bond donors (Lipinski definition) is 0. The van der Waals surface area contributed by atoms with Gasteiger partial charge >= 0.3 is 5.97 Å². The minimum absolute atomic E-state index is 0.0327. The average molecular weight is 409 g/mol. The van der Waals surface area contributed by atoms with E-state index in [1.807, 2.05) is 19.1 Å². The Morgan fingerprint density at radius 2 is 1.77 bits per heavy atom. The largest absolute Gasteiger partial charge is 0.451 e. The van der Waals surface area contributed by atoms with Crippen LogP contribution < -0.4 is 5.56 Å². The number of carbonyl (C=O) groups is 2. The number of benzene rings is 1. The maximum Gasteiger partial charge on any atom is 0.359 e. The topological polar surface area (TPSA) is 129 Å². The lowest BCUT2D eigenvalue weighted by molar-refractivity contribution is -0.134. The van der Waals surface area contributed by atoms with E-state index in [0.29, 0.717) is 17.3 Å². The molecule has 0 fully saturated rings. The Kier molecular flexibility index (Phi) is 8.52. The molecule has 30 heavy (non-hydrogen) atoms. The van der Waals surface area contributed by atoms with Gasteiger partial charge in [0.05, 0.1) is 30.4 Å². The van der Waals surface area contributed by atoms with E-state index in [4.69, 9.17) is 15.3 Å². The van der Waals surface area contributed by atoms with Crippen LogP contribution in [-0.2, 0) is 16.1 Å². The number of rotatable bonds is 10. The number of nitriles is 2. The third kappa shape index (κ3) is 5.65. The molecule has 0 N–H and O–H groups in total. The molecule has 1 heterocycles. The predicted molar refractivity (Wildman–Crippen MR) is 108 cm³/mol. The molecule has 0 atom stereocenters. The van der Waals surface area contributed by atoms with Gasteiger partial charge in [0.15, 0.2) is 12.3 Å². The summed E-state index contributed by atoms with van der Waals surface area (Å²) in [4.78, 5) is 39.0. The number of esters is 1. The normalized spacial score (nSPS) is 10.2. The number of amides is 1. The van der Waals surface area contributed by atoms with Crippen LogP contribution in [0.5, 0.6) is 0 Å². The second-order valence-electron chi connectivity index (χ2n) is 6.55. The highest BCUT2D eigenvalue weighted by molar-refractivity contribution is 6.02. The van der Waals surface area contributed by atoms with E-state index in [9.17, 15) is 14.4 Å². The fraction of sp³-hybridized carbons (Fsp3) is 0.429. The molecule has 0 spiro atoms. The van der Waals surface area contributed by atoms with Crippen molar-refractivity contribution in [2.45, 2.75) is 39.2 Å². The number of ether oxygens (including phenoxy) is 1. The number of unbranched alkanes of at least 4 members (excludes halogenated alkanes) is 1. The van der Waals surface area contributed by atoms with Crippen LogP contribution in [0.2, 0.25) is 0 Å². The first-order valence-corrected chi connectivity index (χ1v) is 9.72. The fourth-order valence-corrected chi connectivity index (χ4v) is 2.86. The van der Waals surface area contributed by atoms with Crippen LogP contribution in [0, 0.1) is 22.7 Å². The molecule has 1 amide bonds. The third-order valence-electron chi connectivity index (χ3n) is 4.45. The zero-order valence-corrected chi connectivity index (χ0v) is 16.8. The first-order valence-electron chi connectivity index (χ1n) is 9.72. The number of fused-ring (bicyclic) bond motifs is 1. The third-order valence-corrected chi connectivity index (χ3v) is 4.45. The molecule has 0 aliphatic rings. The van der Waals surface area contributed by atoms with Crippen molar-refractivity contribution < 1.29 is 14.3 Å². The first kappa shape index (κ1) is 22.6. The lowest BCUT2D eigenvalue weighted by Gasteiger charge is -2.20. The van der Waals surface area contributed by atoms with E-state index in [1.165, 1.54) is 9.58 Å². The van der Waals surface area contributed by atoms with Gasteiger partial charge in [-0.15, -0.1) is 0 Å². The highest BCUT2D eigenvalue weighted by atomic mass is 16.5. The van der Waals surface area contributed by atoms with Gasteiger partial charge in [-0.25, -0.2) is 9.48 Å². The van der Waals surface area contributed by atoms with Crippen LogP contribution in [0.3, 0.4) is 0 Å². The molecular weight excluding hydrogens is 386 g/mol. The van der Waals surface area contributed by atoms with Crippen molar-refractivity contribution in [1.29, 1.82) is 10.5 Å². The van der Waals surface area contributed by atoms with Crippen LogP contribution in [0.4, 0.5) is 0 Å². The first-order chi connectivity index (χ1) is 14.5. The summed E-state index contributed by atoms with van der Waals surface area (Å²) < 4.78 is 6.41. The van der Waals surface area contributed by atoms with Crippen molar-refractivity contribution in [2.75, 3.05) is 19.7 Å². The molecular formula is C21H23N5O4. The highest BCUT2D eigenvalue weighted by Gasteiger charge is 2.20. The minimum Gasteiger partial charge on any atom is -0.451 e. The Bertz CT molecular complexity index is 1030. The van der Waals surface area contributed by atoms with Crippen LogP contribution in [0.1, 0.15) is 43.1 Å². The summed E-state index contributed by atoms with van der Waals surface area (Å²) in [6, 6.07) is 10.5. The zero-order valence-electron chi connectivity index (χ0n) is 16.8. The molecule has 0 unspecified atom stereocenters. The van der Waals surface area contributed by atoms with Crippen molar-refractivity contribution in [1.82, 2.24) is 14.7 Å². The molecule has 156 valence electrons. The number of hydrogen-bond acceptors (Lipinski definition) is 7. The van der Waals surface area contributed by atoms with Gasteiger partial charge in [-0.05, 0) is 12.5 Å². The number of nitrogens with zero attached hydrogens (tertiary/aromatic N) is 5. The van der Waals surface area contributed by atoms with Gasteiger partial charge < -0.3 is 9.64 Å². The molecule has 1 aromatic carbocycles. The Labute approximate surface area is 174 Å². The van der Waals surface area contributed by atoms with Gasteiger partial charge in [0.25, 0.3) is 11.5 Å². The summed E-state index contributed by atoms with van der Waals surface area (Å²) in [6.07, 6.45) is 1.81. The van der Waals surface area contributed by atoms with E-state index in [-0.39, 0.29) is 37.2 Å². The quantitative estimate of drug-likeness (QED) is 0.549. The van der Waals surface area contributed by atoms with Gasteiger partial charge in [-0.2, -0.15) is 15.6 Å². The zero-order chi connectivity index (χ0) is 21.9. The van der Waals surface area contributed by atoms with E-state index >= 15 is 0 Å². The summed E-state index contributed by atoms with van der Waals surface area (Å²) >= 11 is 0. The van der Waals surface area contributed by atoms with Gasteiger partial charge in [0, 0.05) is 25.0 Å². The van der Waals surface area contributed by atoms with Crippen molar-refractivity contribution in [3.63, 3.8) is 0 Å². The molecule has 0 saturated heterocycles. The van der Waals surface area contributed by atoms with Gasteiger partial charge in [-0.3, -0.25) is 9.59 Å². The summed E-state index contributed by atoms with van der Waals surface area (Å²) in [6.45, 7) is 2.11. The van der Waals surface area contributed by atoms with Crippen LogP contribution >= 0.6 is 0 Å². The number of aromatic nitrogens is 2. The van der Waals surface area contributed by atoms with E-state index in [1.54, 1.807) is 24.3 Å². The monoisotopic (exact) mass is 409 g/mol.